The van der Waals surface area contributed by atoms with Gasteiger partial charge in [-0.25, -0.2) is 0 Å². The third-order valence-corrected chi connectivity index (χ3v) is 2.90. The quantitative estimate of drug-likeness (QED) is 0.553. The van der Waals surface area contributed by atoms with E-state index in [9.17, 15) is 9.59 Å². The maximum Gasteiger partial charge on any atom is 0.220 e. The molecule has 0 atom stereocenters. The molecule has 0 aliphatic heterocycles. The summed E-state index contributed by atoms with van der Waals surface area (Å²) >= 11 is 0. The summed E-state index contributed by atoms with van der Waals surface area (Å²) in [6, 6.07) is 9.09. The first kappa shape index (κ1) is 16.3. The summed E-state index contributed by atoms with van der Waals surface area (Å²) in [5.41, 5.74) is 0.687. The fourth-order valence-corrected chi connectivity index (χ4v) is 1.73. The lowest BCUT2D eigenvalue weighted by Crippen LogP contribution is -2.34. The zero-order valence-corrected chi connectivity index (χ0v) is 11.9. The molecule has 0 spiro atoms. The van der Waals surface area contributed by atoms with Gasteiger partial charge in [0.25, 0.3) is 0 Å². The van der Waals surface area contributed by atoms with Gasteiger partial charge in [-0.1, -0.05) is 30.3 Å². The number of carbonyl (C=O) groups excluding carboxylic acids is 2. The van der Waals surface area contributed by atoms with E-state index in [2.05, 4.69) is 5.32 Å². The van der Waals surface area contributed by atoms with Crippen LogP contribution in [0.4, 0.5) is 0 Å². The van der Waals surface area contributed by atoms with Gasteiger partial charge in [-0.2, -0.15) is 0 Å². The lowest BCUT2D eigenvalue weighted by atomic mass is 10.1. The number of hydrogen-bond acceptors (Lipinski definition) is 4. The number of Topliss-reactive ketones (excluding diaryl/α,β-unsaturated/α-hetero) is 1. The van der Waals surface area contributed by atoms with Gasteiger partial charge in [0.15, 0.2) is 12.1 Å². The number of methoxy groups -OCH3 is 2. The van der Waals surface area contributed by atoms with Gasteiger partial charge in [-0.15, -0.1) is 0 Å². The number of nitrogens with one attached hydrogen (secondary N) is 1. The molecule has 0 saturated heterocycles. The van der Waals surface area contributed by atoms with Crippen molar-refractivity contribution in [3.05, 3.63) is 35.9 Å². The highest BCUT2D eigenvalue weighted by Gasteiger charge is 2.09. The first-order valence-corrected chi connectivity index (χ1v) is 6.58. The predicted molar refractivity (Wildman–Crippen MR) is 75.4 cm³/mol. The van der Waals surface area contributed by atoms with Crippen LogP contribution in [-0.2, 0) is 14.3 Å². The standard InChI is InChI=1S/C15H21NO4/c1-19-15(20-2)11-16-14(18)10-6-9-13(17)12-7-4-3-5-8-12/h3-5,7-8,15H,6,9-11H2,1-2H3,(H,16,18). The van der Waals surface area contributed by atoms with Crippen molar-refractivity contribution in [1.29, 1.82) is 0 Å². The van der Waals surface area contributed by atoms with Crippen LogP contribution in [0.2, 0.25) is 0 Å². The Morgan fingerprint density at radius 2 is 1.75 bits per heavy atom. The zero-order chi connectivity index (χ0) is 14.8. The Balaban J connectivity index is 2.20. The minimum atomic E-state index is -0.440. The van der Waals surface area contributed by atoms with Crippen molar-refractivity contribution in [2.75, 3.05) is 20.8 Å². The largest absolute Gasteiger partial charge is 0.354 e. The molecule has 1 rings (SSSR count). The second kappa shape index (κ2) is 9.23. The van der Waals surface area contributed by atoms with Gasteiger partial charge in [0, 0.05) is 32.6 Å². The predicted octanol–water partition coefficient (Wildman–Crippen LogP) is 1.77. The molecule has 5 heteroatoms. The van der Waals surface area contributed by atoms with Crippen molar-refractivity contribution in [2.24, 2.45) is 0 Å². The smallest absolute Gasteiger partial charge is 0.220 e. The fourth-order valence-electron chi connectivity index (χ4n) is 1.73. The van der Waals surface area contributed by atoms with Crippen LogP contribution < -0.4 is 5.32 Å². The Kier molecular flexibility index (Phi) is 7.54. The number of amides is 1. The number of ether oxygens (including phenoxy) is 2. The highest BCUT2D eigenvalue weighted by molar-refractivity contribution is 5.96. The van der Waals surface area contributed by atoms with E-state index in [0.29, 0.717) is 31.4 Å². The molecule has 1 aromatic carbocycles. The van der Waals surface area contributed by atoms with Crippen LogP contribution in [0.1, 0.15) is 29.6 Å². The van der Waals surface area contributed by atoms with Crippen LogP contribution in [-0.4, -0.2) is 38.7 Å². The molecule has 0 aromatic heterocycles. The number of rotatable bonds is 9. The van der Waals surface area contributed by atoms with Gasteiger partial charge in [-0.3, -0.25) is 9.59 Å². The van der Waals surface area contributed by atoms with Gasteiger partial charge >= 0.3 is 0 Å². The lowest BCUT2D eigenvalue weighted by molar-refractivity contribution is -0.127. The van der Waals surface area contributed by atoms with Crippen LogP contribution in [0, 0.1) is 0 Å². The van der Waals surface area contributed by atoms with E-state index in [1.54, 1.807) is 12.1 Å². The first-order valence-electron chi connectivity index (χ1n) is 6.58. The molecule has 1 N–H and O–H groups in total. The summed E-state index contributed by atoms with van der Waals surface area (Å²) in [6.07, 6.45) is 0.781. The molecule has 0 radical (unpaired) electrons. The molecule has 1 amide bonds. The van der Waals surface area contributed by atoms with Crippen molar-refractivity contribution in [2.45, 2.75) is 25.6 Å². The molecule has 110 valence electrons. The summed E-state index contributed by atoms with van der Waals surface area (Å²) in [5, 5.41) is 2.70. The van der Waals surface area contributed by atoms with E-state index >= 15 is 0 Å². The molecular weight excluding hydrogens is 258 g/mol. The van der Waals surface area contributed by atoms with Crippen LogP contribution >= 0.6 is 0 Å². The Morgan fingerprint density at radius 3 is 2.35 bits per heavy atom. The second-order valence-corrected chi connectivity index (χ2v) is 4.35. The average Bonchev–Trinajstić information content (AvgIpc) is 2.49. The monoisotopic (exact) mass is 279 g/mol. The number of ketones is 1. The van der Waals surface area contributed by atoms with E-state index in [4.69, 9.17) is 9.47 Å². The third kappa shape index (κ3) is 5.95. The second-order valence-electron chi connectivity index (χ2n) is 4.35. The molecule has 0 saturated carbocycles. The van der Waals surface area contributed by atoms with Crippen molar-refractivity contribution < 1.29 is 19.1 Å². The summed E-state index contributed by atoms with van der Waals surface area (Å²) in [7, 11) is 3.03. The van der Waals surface area contributed by atoms with Crippen LogP contribution in [0.25, 0.3) is 0 Å². The van der Waals surface area contributed by atoms with Gasteiger partial charge in [0.2, 0.25) is 5.91 Å². The molecule has 0 fully saturated rings. The summed E-state index contributed by atoms with van der Waals surface area (Å²) in [5.74, 6) is -0.0463. The Bertz CT molecular complexity index is 415. The molecule has 0 bridgehead atoms. The highest BCUT2D eigenvalue weighted by Crippen LogP contribution is 2.06. The van der Waals surface area contributed by atoms with E-state index in [0.717, 1.165) is 0 Å². The van der Waals surface area contributed by atoms with Gasteiger partial charge in [-0.05, 0) is 6.42 Å². The van der Waals surface area contributed by atoms with Gasteiger partial charge in [0.1, 0.15) is 0 Å². The van der Waals surface area contributed by atoms with Crippen molar-refractivity contribution >= 4 is 11.7 Å². The van der Waals surface area contributed by atoms with E-state index in [-0.39, 0.29) is 11.7 Å². The zero-order valence-electron chi connectivity index (χ0n) is 11.9. The van der Waals surface area contributed by atoms with E-state index < -0.39 is 6.29 Å². The Labute approximate surface area is 119 Å². The number of carbonyl (C=O) groups is 2. The van der Waals surface area contributed by atoms with Gasteiger partial charge < -0.3 is 14.8 Å². The van der Waals surface area contributed by atoms with Crippen LogP contribution in [0.3, 0.4) is 0 Å². The maximum atomic E-state index is 11.8. The fraction of sp³-hybridized carbons (Fsp3) is 0.467. The third-order valence-electron chi connectivity index (χ3n) is 2.90. The molecule has 1 aromatic rings. The molecule has 0 unspecified atom stereocenters. The molecule has 0 aliphatic carbocycles. The van der Waals surface area contributed by atoms with Crippen molar-refractivity contribution in [3.8, 4) is 0 Å². The molecule has 5 nitrogen and oxygen atoms in total. The van der Waals surface area contributed by atoms with E-state index in [1.165, 1.54) is 14.2 Å². The van der Waals surface area contributed by atoms with Crippen LogP contribution in [0.15, 0.2) is 30.3 Å². The highest BCUT2D eigenvalue weighted by atomic mass is 16.7. The van der Waals surface area contributed by atoms with Crippen LogP contribution in [0.5, 0.6) is 0 Å². The Hall–Kier alpha value is -1.72. The minimum Gasteiger partial charge on any atom is -0.354 e. The summed E-state index contributed by atoms with van der Waals surface area (Å²) in [6.45, 7) is 0.304. The SMILES string of the molecule is COC(CNC(=O)CCCC(=O)c1ccccc1)OC. The van der Waals surface area contributed by atoms with Gasteiger partial charge in [0.05, 0.1) is 6.54 Å². The maximum absolute atomic E-state index is 11.8. The topological polar surface area (TPSA) is 64.6 Å². The molecule has 0 aliphatic rings. The van der Waals surface area contributed by atoms with Crippen molar-refractivity contribution in [1.82, 2.24) is 5.32 Å². The Morgan fingerprint density at radius 1 is 1.10 bits per heavy atom. The molecule has 0 heterocycles. The normalized spacial score (nSPS) is 10.6. The molecular formula is C15H21NO4. The van der Waals surface area contributed by atoms with Crippen molar-refractivity contribution in [3.63, 3.8) is 0 Å². The summed E-state index contributed by atoms with van der Waals surface area (Å²) in [4.78, 5) is 23.4. The summed E-state index contributed by atoms with van der Waals surface area (Å²) < 4.78 is 9.92. The molecule has 20 heavy (non-hydrogen) atoms. The number of hydrogen-bond donors (Lipinski definition) is 1. The van der Waals surface area contributed by atoms with E-state index in [1.807, 2.05) is 18.2 Å². The average molecular weight is 279 g/mol. The first-order chi connectivity index (χ1) is 9.67. The number of benzene rings is 1. The minimum absolute atomic E-state index is 0.0602. The lowest BCUT2D eigenvalue weighted by Gasteiger charge is -2.13.